The molecule has 5 rings (SSSR count). The van der Waals surface area contributed by atoms with Crippen molar-refractivity contribution >= 4 is 11.9 Å². The third kappa shape index (κ3) is 7.01. The molecule has 0 unspecified atom stereocenters. The fourth-order valence-corrected chi connectivity index (χ4v) is 6.13. The number of hydrogen-bond acceptors (Lipinski definition) is 5. The van der Waals surface area contributed by atoms with Gasteiger partial charge in [-0.3, -0.25) is 9.69 Å². The van der Waals surface area contributed by atoms with Crippen molar-refractivity contribution < 1.29 is 41.7 Å². The summed E-state index contributed by atoms with van der Waals surface area (Å²) in [6.45, 7) is 1.23. The number of ether oxygens (including phenoxy) is 2. The molecule has 2 saturated heterocycles. The SMILES string of the molecule is O=C(O)COc1cc(CNC(=O)[C@@]2(C3CC3)CC[C@@H](N3CCC(c4ccc(F)cc4)CC3)CO2)cc(C(F)(F)F)c1. The lowest BCUT2D eigenvalue weighted by molar-refractivity contribution is -0.165. The van der Waals surface area contributed by atoms with Crippen LogP contribution in [0.25, 0.3) is 0 Å². The molecular weight excluding hydrogens is 544 g/mol. The van der Waals surface area contributed by atoms with Gasteiger partial charge in [-0.25, -0.2) is 9.18 Å². The maximum absolute atomic E-state index is 13.5. The molecule has 2 aliphatic heterocycles. The summed E-state index contributed by atoms with van der Waals surface area (Å²) in [5.74, 6) is -1.66. The largest absolute Gasteiger partial charge is 0.482 e. The van der Waals surface area contributed by atoms with Crippen LogP contribution in [0, 0.1) is 11.7 Å². The molecule has 2 N–H and O–H groups in total. The number of piperidine rings is 1. The van der Waals surface area contributed by atoms with Crippen LogP contribution in [0.1, 0.15) is 61.1 Å². The third-order valence-electron chi connectivity index (χ3n) is 8.50. The Bertz CT molecular complexity index is 1230. The second-order valence-electron chi connectivity index (χ2n) is 11.3. The van der Waals surface area contributed by atoms with Crippen molar-refractivity contribution in [2.24, 2.45) is 5.92 Å². The summed E-state index contributed by atoms with van der Waals surface area (Å²) >= 11 is 0. The normalized spacial score (nSPS) is 24.1. The zero-order valence-corrected chi connectivity index (χ0v) is 22.6. The number of carboxylic acid groups (broad SMARTS) is 1. The highest BCUT2D eigenvalue weighted by molar-refractivity contribution is 5.86. The molecular formula is C30H34F4N2O5. The molecule has 0 spiro atoms. The van der Waals surface area contributed by atoms with Crippen LogP contribution >= 0.6 is 0 Å². The zero-order valence-electron chi connectivity index (χ0n) is 22.6. The summed E-state index contributed by atoms with van der Waals surface area (Å²) in [6.07, 6.45) is 0.294. The van der Waals surface area contributed by atoms with Crippen molar-refractivity contribution in [1.29, 1.82) is 0 Å². The predicted molar refractivity (Wildman–Crippen MR) is 141 cm³/mol. The van der Waals surface area contributed by atoms with E-state index < -0.39 is 29.9 Å². The van der Waals surface area contributed by atoms with Crippen LogP contribution in [-0.4, -0.2) is 59.8 Å². The van der Waals surface area contributed by atoms with Gasteiger partial charge in [-0.05, 0) is 105 Å². The number of benzene rings is 2. The number of carbonyl (C=O) groups excluding carboxylic acids is 1. The molecule has 2 atom stereocenters. The van der Waals surface area contributed by atoms with Gasteiger partial charge in [0.15, 0.2) is 6.61 Å². The molecule has 1 saturated carbocycles. The molecule has 1 aliphatic carbocycles. The van der Waals surface area contributed by atoms with E-state index in [1.54, 1.807) is 0 Å². The minimum atomic E-state index is -4.66. The van der Waals surface area contributed by atoms with E-state index in [1.807, 2.05) is 12.1 Å². The van der Waals surface area contributed by atoms with E-state index in [0.29, 0.717) is 18.9 Å². The monoisotopic (exact) mass is 578 g/mol. The van der Waals surface area contributed by atoms with Gasteiger partial charge in [0.1, 0.15) is 17.2 Å². The average molecular weight is 579 g/mol. The molecule has 41 heavy (non-hydrogen) atoms. The average Bonchev–Trinajstić information content (AvgIpc) is 3.81. The first-order valence-electron chi connectivity index (χ1n) is 14.0. The number of aliphatic carboxylic acids is 1. The van der Waals surface area contributed by atoms with Crippen LogP contribution in [0.4, 0.5) is 17.6 Å². The Morgan fingerprint density at radius 1 is 1.05 bits per heavy atom. The quantitative estimate of drug-likeness (QED) is 0.401. The minimum Gasteiger partial charge on any atom is -0.482 e. The second kappa shape index (κ2) is 12.0. The number of carbonyl (C=O) groups is 2. The van der Waals surface area contributed by atoms with Crippen LogP contribution < -0.4 is 10.1 Å². The Morgan fingerprint density at radius 3 is 2.34 bits per heavy atom. The van der Waals surface area contributed by atoms with Crippen LogP contribution in [0.5, 0.6) is 5.75 Å². The van der Waals surface area contributed by atoms with E-state index in [2.05, 4.69) is 10.2 Å². The summed E-state index contributed by atoms with van der Waals surface area (Å²) < 4.78 is 64.9. The molecule has 11 heteroatoms. The van der Waals surface area contributed by atoms with Crippen LogP contribution in [-0.2, 0) is 27.0 Å². The van der Waals surface area contributed by atoms with Gasteiger partial charge in [0.2, 0.25) is 0 Å². The number of nitrogens with zero attached hydrogens (tertiary/aromatic N) is 1. The molecule has 3 fully saturated rings. The first-order valence-corrected chi connectivity index (χ1v) is 14.0. The number of alkyl halides is 3. The number of likely N-dealkylation sites (tertiary alicyclic amines) is 1. The van der Waals surface area contributed by atoms with Gasteiger partial charge in [0.05, 0.1) is 12.2 Å². The molecule has 2 aromatic carbocycles. The van der Waals surface area contributed by atoms with E-state index in [0.717, 1.165) is 62.9 Å². The molecule has 2 aromatic rings. The Kier molecular flexibility index (Phi) is 8.56. The van der Waals surface area contributed by atoms with Crippen molar-refractivity contribution in [2.45, 2.75) is 68.8 Å². The van der Waals surface area contributed by atoms with Gasteiger partial charge in [0.25, 0.3) is 5.91 Å². The first kappa shape index (κ1) is 29.3. The molecule has 0 bridgehead atoms. The molecule has 0 aromatic heterocycles. The number of nitrogens with one attached hydrogen (secondary N) is 1. The van der Waals surface area contributed by atoms with Gasteiger partial charge in [0, 0.05) is 12.6 Å². The maximum atomic E-state index is 13.5. The molecule has 0 radical (unpaired) electrons. The number of halogens is 4. The summed E-state index contributed by atoms with van der Waals surface area (Å²) in [5, 5.41) is 11.6. The van der Waals surface area contributed by atoms with Gasteiger partial charge < -0.3 is 19.9 Å². The zero-order chi connectivity index (χ0) is 29.2. The summed E-state index contributed by atoms with van der Waals surface area (Å²) in [7, 11) is 0. The summed E-state index contributed by atoms with van der Waals surface area (Å²) in [6, 6.07) is 9.85. The number of hydrogen-bond donors (Lipinski definition) is 2. The van der Waals surface area contributed by atoms with Crippen molar-refractivity contribution in [2.75, 3.05) is 26.3 Å². The molecule has 2 heterocycles. The third-order valence-corrected chi connectivity index (χ3v) is 8.50. The fourth-order valence-electron chi connectivity index (χ4n) is 6.13. The minimum absolute atomic E-state index is 0.0728. The highest BCUT2D eigenvalue weighted by Gasteiger charge is 2.54. The Labute approximate surface area is 235 Å². The lowest BCUT2D eigenvalue weighted by atomic mass is 9.84. The van der Waals surface area contributed by atoms with Gasteiger partial charge in [-0.15, -0.1) is 0 Å². The molecule has 1 amide bonds. The van der Waals surface area contributed by atoms with Crippen LogP contribution in [0.3, 0.4) is 0 Å². The number of rotatable bonds is 9. The maximum Gasteiger partial charge on any atom is 0.416 e. The first-order chi connectivity index (χ1) is 19.5. The predicted octanol–water partition coefficient (Wildman–Crippen LogP) is 5.13. The topological polar surface area (TPSA) is 88.1 Å². The highest BCUT2D eigenvalue weighted by atomic mass is 19.4. The van der Waals surface area contributed by atoms with E-state index in [9.17, 15) is 27.2 Å². The molecule has 222 valence electrons. The van der Waals surface area contributed by atoms with Gasteiger partial charge in [-0.2, -0.15) is 13.2 Å². The number of carboxylic acids is 1. The van der Waals surface area contributed by atoms with E-state index in [4.69, 9.17) is 14.6 Å². The van der Waals surface area contributed by atoms with E-state index in [-0.39, 0.29) is 41.5 Å². The molecule has 3 aliphatic rings. The van der Waals surface area contributed by atoms with Crippen molar-refractivity contribution in [3.8, 4) is 5.75 Å². The molecule has 7 nitrogen and oxygen atoms in total. The van der Waals surface area contributed by atoms with Crippen LogP contribution in [0.2, 0.25) is 0 Å². The van der Waals surface area contributed by atoms with E-state index >= 15 is 0 Å². The lowest BCUT2D eigenvalue weighted by Crippen LogP contribution is -2.57. The standard InChI is InChI=1S/C30H34F4N2O5/c31-24-5-1-20(2-6-24)21-8-11-36(12-9-21)25-7-10-29(41-17-25,22-3-4-22)28(39)35-16-19-13-23(30(32,33)34)15-26(14-19)40-18-27(37)38/h1-2,5-6,13-15,21-22,25H,3-4,7-12,16-18H2,(H,35,39)(H,37,38)/t25-,29+/m1/s1. The highest BCUT2D eigenvalue weighted by Crippen LogP contribution is 2.47. The lowest BCUT2D eigenvalue weighted by Gasteiger charge is -2.45. The van der Waals surface area contributed by atoms with Crippen molar-refractivity contribution in [3.05, 3.63) is 65.0 Å². The number of amides is 1. The van der Waals surface area contributed by atoms with Crippen molar-refractivity contribution in [1.82, 2.24) is 10.2 Å². The Balaban J connectivity index is 1.18. The Morgan fingerprint density at radius 2 is 1.76 bits per heavy atom. The summed E-state index contributed by atoms with van der Waals surface area (Å²) in [5.41, 5.74) is -0.692. The van der Waals surface area contributed by atoms with Gasteiger partial charge in [-0.1, -0.05) is 12.1 Å². The summed E-state index contributed by atoms with van der Waals surface area (Å²) in [4.78, 5) is 26.7. The second-order valence-corrected chi connectivity index (χ2v) is 11.3. The van der Waals surface area contributed by atoms with E-state index in [1.165, 1.54) is 18.2 Å². The smallest absolute Gasteiger partial charge is 0.416 e. The van der Waals surface area contributed by atoms with Crippen molar-refractivity contribution in [3.63, 3.8) is 0 Å². The van der Waals surface area contributed by atoms with Gasteiger partial charge >= 0.3 is 12.1 Å². The Hall–Kier alpha value is -3.18. The van der Waals surface area contributed by atoms with Crippen LogP contribution in [0.15, 0.2) is 42.5 Å². The fraction of sp³-hybridized carbons (Fsp3) is 0.533.